The van der Waals surface area contributed by atoms with Crippen LogP contribution in [0.25, 0.3) is 0 Å². The lowest BCUT2D eigenvalue weighted by atomic mass is 10.2. The second-order valence-electron chi connectivity index (χ2n) is 4.87. The van der Waals surface area contributed by atoms with Crippen LogP contribution in [0.5, 0.6) is 5.75 Å². The number of rotatable bonds is 6. The van der Waals surface area contributed by atoms with E-state index in [1.165, 1.54) is 0 Å². The van der Waals surface area contributed by atoms with Crippen LogP contribution < -0.4 is 26.0 Å². The molecule has 0 spiro atoms. The van der Waals surface area contributed by atoms with E-state index >= 15 is 0 Å². The van der Waals surface area contributed by atoms with Gasteiger partial charge in [0.05, 0.1) is 14.2 Å². The molecule has 2 atom stereocenters. The van der Waals surface area contributed by atoms with Crippen molar-refractivity contribution in [1.82, 2.24) is 5.32 Å². The monoisotopic (exact) mass is 309 g/mol. The molecular formula is C14H21N4O4+. The van der Waals surface area contributed by atoms with Crippen molar-refractivity contribution >= 4 is 23.5 Å². The normalized spacial score (nSPS) is 12.9. The number of benzene rings is 1. The molecule has 1 unspecified atom stereocenters. The Bertz CT molecular complexity index is 544. The number of nitrogens with two attached hydrogens (primary N) is 1. The largest absolute Gasteiger partial charge is 0.497 e. The number of urea groups is 1. The summed E-state index contributed by atoms with van der Waals surface area (Å²) in [7, 11) is 3.24. The fourth-order valence-electron chi connectivity index (χ4n) is 1.74. The Balaban J connectivity index is 2.52. The summed E-state index contributed by atoms with van der Waals surface area (Å²) in [5.41, 5.74) is 5.52. The number of amides is 4. The molecule has 1 aromatic rings. The van der Waals surface area contributed by atoms with Crippen molar-refractivity contribution in [3.8, 4) is 5.75 Å². The number of ether oxygens (including phenoxy) is 1. The van der Waals surface area contributed by atoms with Gasteiger partial charge in [-0.25, -0.2) is 4.79 Å². The van der Waals surface area contributed by atoms with Crippen molar-refractivity contribution < 1.29 is 24.0 Å². The fraction of sp³-hybridized carbons (Fsp3) is 0.357. The number of quaternary nitrogens is 1. The molecule has 8 nitrogen and oxygen atoms in total. The molecule has 0 aliphatic heterocycles. The minimum absolute atomic E-state index is 0.0688. The quantitative estimate of drug-likeness (QED) is 0.524. The molecule has 120 valence electrons. The Kier molecular flexibility index (Phi) is 6.33. The van der Waals surface area contributed by atoms with Crippen molar-refractivity contribution in [1.29, 1.82) is 0 Å². The highest BCUT2D eigenvalue weighted by atomic mass is 16.5. The van der Waals surface area contributed by atoms with Crippen molar-refractivity contribution in [3.63, 3.8) is 0 Å². The van der Waals surface area contributed by atoms with Crippen LogP contribution in [0.4, 0.5) is 10.5 Å². The van der Waals surface area contributed by atoms with E-state index in [-0.39, 0.29) is 12.5 Å². The highest BCUT2D eigenvalue weighted by Gasteiger charge is 2.24. The Morgan fingerprint density at radius 1 is 1.27 bits per heavy atom. The van der Waals surface area contributed by atoms with E-state index < -0.39 is 18.0 Å². The Morgan fingerprint density at radius 3 is 2.36 bits per heavy atom. The van der Waals surface area contributed by atoms with Crippen molar-refractivity contribution in [2.75, 3.05) is 26.0 Å². The van der Waals surface area contributed by atoms with Gasteiger partial charge in [0.15, 0.2) is 12.6 Å². The standard InChI is InChI=1S/C14H20N4O4/c1-9(13(20)17-14(15)21)18(2)8-12(19)16-10-4-6-11(22-3)7-5-10/h4-7,9H,8H2,1-3H3,(H,16,19)(H3,15,17,20,21)/p+1/t9-/m1/s1. The second kappa shape index (κ2) is 7.99. The smallest absolute Gasteiger partial charge is 0.319 e. The summed E-state index contributed by atoms with van der Waals surface area (Å²) >= 11 is 0. The van der Waals surface area contributed by atoms with Gasteiger partial charge in [-0.05, 0) is 31.2 Å². The van der Waals surface area contributed by atoms with Gasteiger partial charge < -0.3 is 20.7 Å². The first kappa shape index (κ1) is 17.4. The Morgan fingerprint density at radius 2 is 1.86 bits per heavy atom. The highest BCUT2D eigenvalue weighted by Crippen LogP contribution is 2.14. The number of primary amides is 1. The van der Waals surface area contributed by atoms with Gasteiger partial charge in [0, 0.05) is 5.69 Å². The van der Waals surface area contributed by atoms with Crippen LogP contribution in [0.3, 0.4) is 0 Å². The predicted molar refractivity (Wildman–Crippen MR) is 80.6 cm³/mol. The zero-order chi connectivity index (χ0) is 16.7. The zero-order valence-electron chi connectivity index (χ0n) is 12.8. The molecule has 0 fully saturated rings. The number of hydrogen-bond donors (Lipinski definition) is 4. The van der Waals surface area contributed by atoms with Gasteiger partial charge in [-0.3, -0.25) is 14.9 Å². The maximum absolute atomic E-state index is 11.9. The molecule has 0 aromatic heterocycles. The highest BCUT2D eigenvalue weighted by molar-refractivity contribution is 5.96. The number of methoxy groups -OCH3 is 1. The van der Waals surface area contributed by atoms with Crippen molar-refractivity contribution in [2.24, 2.45) is 5.73 Å². The third-order valence-corrected chi connectivity index (χ3v) is 3.19. The second-order valence-corrected chi connectivity index (χ2v) is 4.87. The summed E-state index contributed by atoms with van der Waals surface area (Å²) in [6, 6.07) is 5.40. The van der Waals surface area contributed by atoms with Crippen LogP contribution in [0.2, 0.25) is 0 Å². The first-order valence-corrected chi connectivity index (χ1v) is 6.70. The van der Waals surface area contributed by atoms with Gasteiger partial charge in [0.1, 0.15) is 5.75 Å². The first-order valence-electron chi connectivity index (χ1n) is 6.70. The minimum atomic E-state index is -0.910. The lowest BCUT2D eigenvalue weighted by molar-refractivity contribution is -0.885. The van der Waals surface area contributed by atoms with Gasteiger partial charge >= 0.3 is 6.03 Å². The zero-order valence-corrected chi connectivity index (χ0v) is 12.8. The van der Waals surface area contributed by atoms with Gasteiger partial charge in [0.25, 0.3) is 11.8 Å². The molecule has 22 heavy (non-hydrogen) atoms. The molecule has 0 aliphatic rings. The number of carbonyl (C=O) groups excluding carboxylic acids is 3. The maximum Gasteiger partial charge on any atom is 0.319 e. The molecule has 8 heteroatoms. The summed E-state index contributed by atoms with van der Waals surface area (Å²) in [5.74, 6) is -0.0823. The van der Waals surface area contributed by atoms with Crippen LogP contribution >= 0.6 is 0 Å². The third-order valence-electron chi connectivity index (χ3n) is 3.19. The van der Waals surface area contributed by atoms with Gasteiger partial charge in [-0.2, -0.15) is 0 Å². The molecule has 0 aliphatic carbocycles. The number of nitrogens with one attached hydrogen (secondary N) is 3. The number of hydrogen-bond acceptors (Lipinski definition) is 4. The van der Waals surface area contributed by atoms with E-state index in [1.54, 1.807) is 45.3 Å². The third kappa shape index (κ3) is 5.41. The topological polar surface area (TPSA) is 115 Å². The average Bonchev–Trinajstić information content (AvgIpc) is 2.46. The summed E-state index contributed by atoms with van der Waals surface area (Å²) < 4.78 is 5.03. The van der Waals surface area contributed by atoms with E-state index in [0.29, 0.717) is 16.3 Å². The molecule has 0 bridgehead atoms. The maximum atomic E-state index is 11.9. The average molecular weight is 309 g/mol. The SMILES string of the molecule is COc1ccc(NC(=O)C[NH+](C)[C@H](C)C(=O)NC(N)=O)cc1. The number of carbonyl (C=O) groups is 3. The molecule has 0 heterocycles. The number of likely N-dealkylation sites (N-methyl/N-ethyl adjacent to an activating group) is 1. The predicted octanol–water partition coefficient (Wildman–Crippen LogP) is -1.27. The molecule has 5 N–H and O–H groups in total. The molecular weight excluding hydrogens is 288 g/mol. The van der Waals surface area contributed by atoms with Gasteiger partial charge in [0.2, 0.25) is 0 Å². The summed E-state index contributed by atoms with van der Waals surface area (Å²) in [6.07, 6.45) is 0. The van der Waals surface area contributed by atoms with Gasteiger partial charge in [-0.15, -0.1) is 0 Å². The molecule has 0 saturated heterocycles. The molecule has 0 saturated carbocycles. The van der Waals surface area contributed by atoms with Gasteiger partial charge in [-0.1, -0.05) is 0 Å². The Labute approximate surface area is 128 Å². The lowest BCUT2D eigenvalue weighted by Crippen LogP contribution is -3.15. The van der Waals surface area contributed by atoms with Crippen LogP contribution in [-0.4, -0.2) is 44.6 Å². The van der Waals surface area contributed by atoms with E-state index in [4.69, 9.17) is 10.5 Å². The lowest BCUT2D eigenvalue weighted by Gasteiger charge is -2.19. The molecule has 0 radical (unpaired) electrons. The number of imide groups is 1. The van der Waals surface area contributed by atoms with Crippen molar-refractivity contribution in [2.45, 2.75) is 13.0 Å². The minimum Gasteiger partial charge on any atom is -0.497 e. The summed E-state index contributed by atoms with van der Waals surface area (Å²) in [5, 5.41) is 4.71. The van der Waals surface area contributed by atoms with Crippen LogP contribution in [0.15, 0.2) is 24.3 Å². The van der Waals surface area contributed by atoms with Crippen molar-refractivity contribution in [3.05, 3.63) is 24.3 Å². The molecule has 4 amide bonds. The molecule has 1 rings (SSSR count). The molecule has 1 aromatic carbocycles. The van der Waals surface area contributed by atoms with Crippen LogP contribution in [-0.2, 0) is 9.59 Å². The Hall–Kier alpha value is -2.61. The van der Waals surface area contributed by atoms with Crippen LogP contribution in [0.1, 0.15) is 6.92 Å². The summed E-state index contributed by atoms with van der Waals surface area (Å²) in [4.78, 5) is 34.8. The van der Waals surface area contributed by atoms with E-state index in [2.05, 4.69) is 5.32 Å². The number of anilines is 1. The van der Waals surface area contributed by atoms with E-state index in [0.717, 1.165) is 0 Å². The first-order chi connectivity index (χ1) is 10.3. The van der Waals surface area contributed by atoms with E-state index in [9.17, 15) is 14.4 Å². The van der Waals surface area contributed by atoms with Crippen LogP contribution in [0, 0.1) is 0 Å². The summed E-state index contributed by atoms with van der Waals surface area (Å²) in [6.45, 7) is 1.67. The fourth-order valence-corrected chi connectivity index (χ4v) is 1.74. The van der Waals surface area contributed by atoms with E-state index in [1.807, 2.05) is 5.32 Å².